The first-order valence-corrected chi connectivity index (χ1v) is 6.40. The van der Waals surface area contributed by atoms with Crippen LogP contribution in [-0.2, 0) is 11.3 Å². The molecule has 0 saturated carbocycles. The van der Waals surface area contributed by atoms with Crippen LogP contribution in [0.4, 0.5) is 0 Å². The van der Waals surface area contributed by atoms with Gasteiger partial charge in [0.25, 0.3) is 0 Å². The highest BCUT2D eigenvalue weighted by Gasteiger charge is 2.15. The topological polar surface area (TPSA) is 34.1 Å². The zero-order valence-electron chi connectivity index (χ0n) is 9.32. The lowest BCUT2D eigenvalue weighted by molar-refractivity contribution is 0.0524. The van der Waals surface area contributed by atoms with E-state index in [0.29, 0.717) is 18.6 Å². The summed E-state index contributed by atoms with van der Waals surface area (Å²) in [6.45, 7) is 7.07. The third-order valence-electron chi connectivity index (χ3n) is 2.55. The Kier molecular flexibility index (Phi) is 3.72. The fourth-order valence-electron chi connectivity index (χ4n) is 1.63. The number of hydrogen-bond acceptors (Lipinski definition) is 4. The standard InChI is InChI=1S/C11H18N2OS/c1-8(2)11-13-9(7-15-11)6-14-10-3-4-12-5-10/h7-8,10,12H,3-6H2,1-2H3. The third kappa shape index (κ3) is 3.00. The van der Waals surface area contributed by atoms with Crippen molar-refractivity contribution in [3.05, 3.63) is 16.1 Å². The van der Waals surface area contributed by atoms with Gasteiger partial charge in [0.2, 0.25) is 0 Å². The van der Waals surface area contributed by atoms with E-state index in [2.05, 4.69) is 29.5 Å². The largest absolute Gasteiger partial charge is 0.371 e. The summed E-state index contributed by atoms with van der Waals surface area (Å²) in [6, 6.07) is 0. The molecule has 1 atom stereocenters. The Balaban J connectivity index is 1.82. The maximum Gasteiger partial charge on any atom is 0.0954 e. The van der Waals surface area contributed by atoms with Crippen molar-refractivity contribution in [2.45, 2.75) is 38.9 Å². The van der Waals surface area contributed by atoms with Crippen LogP contribution in [0, 0.1) is 0 Å². The number of hydrogen-bond donors (Lipinski definition) is 1. The molecule has 1 aliphatic heterocycles. The average Bonchev–Trinajstić information content (AvgIpc) is 2.86. The summed E-state index contributed by atoms with van der Waals surface area (Å²) in [5.74, 6) is 0.525. The molecule has 0 bridgehead atoms. The summed E-state index contributed by atoms with van der Waals surface area (Å²) in [7, 11) is 0. The third-order valence-corrected chi connectivity index (χ3v) is 3.74. The lowest BCUT2D eigenvalue weighted by Gasteiger charge is -2.08. The van der Waals surface area contributed by atoms with Gasteiger partial charge in [-0.1, -0.05) is 13.8 Å². The second-order valence-corrected chi connectivity index (χ2v) is 5.15. The molecule has 0 aliphatic carbocycles. The summed E-state index contributed by atoms with van der Waals surface area (Å²) in [5, 5.41) is 6.60. The van der Waals surface area contributed by atoms with Gasteiger partial charge in [-0.3, -0.25) is 0 Å². The summed E-state index contributed by atoms with van der Waals surface area (Å²) in [5.41, 5.74) is 1.08. The maximum absolute atomic E-state index is 5.76. The molecule has 4 heteroatoms. The van der Waals surface area contributed by atoms with E-state index in [4.69, 9.17) is 4.74 Å². The van der Waals surface area contributed by atoms with E-state index in [0.717, 1.165) is 25.2 Å². The van der Waals surface area contributed by atoms with Crippen LogP contribution < -0.4 is 5.32 Å². The van der Waals surface area contributed by atoms with Crippen molar-refractivity contribution in [2.75, 3.05) is 13.1 Å². The Labute approximate surface area is 94.9 Å². The molecule has 2 rings (SSSR count). The van der Waals surface area contributed by atoms with Gasteiger partial charge in [-0.15, -0.1) is 11.3 Å². The van der Waals surface area contributed by atoms with Crippen LogP contribution in [0.1, 0.15) is 36.9 Å². The minimum absolute atomic E-state index is 0.384. The fourth-order valence-corrected chi connectivity index (χ4v) is 2.45. The highest BCUT2D eigenvalue weighted by molar-refractivity contribution is 7.09. The molecule has 0 radical (unpaired) electrons. The molecule has 1 unspecified atom stereocenters. The number of nitrogens with zero attached hydrogens (tertiary/aromatic N) is 1. The molecule has 0 spiro atoms. The molecule has 2 heterocycles. The van der Waals surface area contributed by atoms with Gasteiger partial charge in [-0.2, -0.15) is 0 Å². The van der Waals surface area contributed by atoms with E-state index in [1.807, 2.05) is 0 Å². The SMILES string of the molecule is CC(C)c1nc(COC2CCNC2)cs1. The smallest absolute Gasteiger partial charge is 0.0954 e. The maximum atomic E-state index is 5.76. The Hall–Kier alpha value is -0.450. The van der Waals surface area contributed by atoms with E-state index in [9.17, 15) is 0 Å². The Morgan fingerprint density at radius 2 is 2.53 bits per heavy atom. The van der Waals surface area contributed by atoms with E-state index >= 15 is 0 Å². The lowest BCUT2D eigenvalue weighted by atomic mass is 10.2. The van der Waals surface area contributed by atoms with Crippen molar-refractivity contribution in [3.63, 3.8) is 0 Å². The normalized spacial score (nSPS) is 21.4. The number of nitrogens with one attached hydrogen (secondary N) is 1. The molecule has 0 aromatic carbocycles. The van der Waals surface area contributed by atoms with Gasteiger partial charge in [-0.05, 0) is 13.0 Å². The van der Waals surface area contributed by atoms with Crippen molar-refractivity contribution in [1.82, 2.24) is 10.3 Å². The van der Waals surface area contributed by atoms with Gasteiger partial charge in [0.15, 0.2) is 0 Å². The molecule has 1 fully saturated rings. The second-order valence-electron chi connectivity index (χ2n) is 4.26. The van der Waals surface area contributed by atoms with Crippen LogP contribution >= 0.6 is 11.3 Å². The van der Waals surface area contributed by atoms with Gasteiger partial charge >= 0.3 is 0 Å². The Bertz CT molecular complexity index is 305. The van der Waals surface area contributed by atoms with Crippen LogP contribution in [0.5, 0.6) is 0 Å². The number of aromatic nitrogens is 1. The van der Waals surface area contributed by atoms with Crippen molar-refractivity contribution in [2.24, 2.45) is 0 Å². The molecule has 15 heavy (non-hydrogen) atoms. The number of thiazole rings is 1. The molecule has 1 N–H and O–H groups in total. The zero-order chi connectivity index (χ0) is 10.7. The first-order valence-electron chi connectivity index (χ1n) is 5.52. The predicted octanol–water partition coefficient (Wildman–Crippen LogP) is 2.15. The average molecular weight is 226 g/mol. The Morgan fingerprint density at radius 1 is 1.67 bits per heavy atom. The van der Waals surface area contributed by atoms with E-state index in [1.165, 1.54) is 5.01 Å². The van der Waals surface area contributed by atoms with Crippen LogP contribution in [0.2, 0.25) is 0 Å². The van der Waals surface area contributed by atoms with Crippen molar-refractivity contribution in [1.29, 1.82) is 0 Å². The van der Waals surface area contributed by atoms with E-state index in [-0.39, 0.29) is 0 Å². The second kappa shape index (κ2) is 5.05. The molecular weight excluding hydrogens is 208 g/mol. The van der Waals surface area contributed by atoms with Crippen LogP contribution in [0.15, 0.2) is 5.38 Å². The molecular formula is C11H18N2OS. The van der Waals surface area contributed by atoms with E-state index < -0.39 is 0 Å². The molecule has 0 amide bonds. The summed E-state index contributed by atoms with van der Waals surface area (Å²) < 4.78 is 5.76. The quantitative estimate of drug-likeness (QED) is 0.854. The van der Waals surface area contributed by atoms with Gasteiger partial charge in [0.1, 0.15) is 0 Å². The highest BCUT2D eigenvalue weighted by atomic mass is 32.1. The summed E-state index contributed by atoms with van der Waals surface area (Å²) >= 11 is 1.73. The molecule has 84 valence electrons. The first-order chi connectivity index (χ1) is 7.25. The van der Waals surface area contributed by atoms with Crippen LogP contribution in [0.25, 0.3) is 0 Å². The molecule has 1 saturated heterocycles. The highest BCUT2D eigenvalue weighted by Crippen LogP contribution is 2.20. The van der Waals surface area contributed by atoms with Crippen molar-refractivity contribution < 1.29 is 4.74 Å². The summed E-state index contributed by atoms with van der Waals surface area (Å²) in [4.78, 5) is 4.54. The molecule has 1 aliphatic rings. The molecule has 3 nitrogen and oxygen atoms in total. The van der Waals surface area contributed by atoms with Crippen LogP contribution in [-0.4, -0.2) is 24.2 Å². The minimum atomic E-state index is 0.384. The van der Waals surface area contributed by atoms with Crippen molar-refractivity contribution >= 4 is 11.3 Å². The van der Waals surface area contributed by atoms with Gasteiger partial charge < -0.3 is 10.1 Å². The van der Waals surface area contributed by atoms with Crippen molar-refractivity contribution in [3.8, 4) is 0 Å². The predicted molar refractivity (Wildman–Crippen MR) is 62.3 cm³/mol. The van der Waals surface area contributed by atoms with E-state index in [1.54, 1.807) is 11.3 Å². The van der Waals surface area contributed by atoms with Gasteiger partial charge in [0, 0.05) is 17.8 Å². The lowest BCUT2D eigenvalue weighted by Crippen LogP contribution is -2.16. The molecule has 1 aromatic rings. The van der Waals surface area contributed by atoms with Gasteiger partial charge in [0.05, 0.1) is 23.4 Å². The first kappa shape index (κ1) is 11.0. The zero-order valence-corrected chi connectivity index (χ0v) is 10.1. The molecule has 1 aromatic heterocycles. The Morgan fingerprint density at radius 3 is 3.13 bits per heavy atom. The minimum Gasteiger partial charge on any atom is -0.371 e. The fraction of sp³-hybridized carbons (Fsp3) is 0.727. The summed E-state index contributed by atoms with van der Waals surface area (Å²) in [6.07, 6.45) is 1.51. The monoisotopic (exact) mass is 226 g/mol. The number of rotatable bonds is 4. The number of ether oxygens (including phenoxy) is 1. The van der Waals surface area contributed by atoms with Crippen LogP contribution in [0.3, 0.4) is 0 Å². The van der Waals surface area contributed by atoms with Gasteiger partial charge in [-0.25, -0.2) is 4.98 Å².